The molecule has 124 valence electrons. The minimum atomic E-state index is 0.742. The highest BCUT2D eigenvalue weighted by atomic mass is 15.4. The SMILES string of the molecule is Cc1cccc(Nc2nnc(-n3nc(C)cc3C)c3ccccc23)c1. The topological polar surface area (TPSA) is 55.6 Å². The first kappa shape index (κ1) is 15.3. The molecule has 5 nitrogen and oxygen atoms in total. The predicted octanol–water partition coefficient (Wildman–Crippen LogP) is 4.48. The Bertz CT molecular complexity index is 1060. The molecule has 2 aromatic heterocycles. The number of hydrogen-bond donors (Lipinski definition) is 1. The van der Waals surface area contributed by atoms with Gasteiger partial charge in [0.2, 0.25) is 0 Å². The average Bonchev–Trinajstić information content (AvgIpc) is 2.93. The number of nitrogens with zero attached hydrogens (tertiary/aromatic N) is 4. The molecule has 0 saturated heterocycles. The molecule has 0 saturated carbocycles. The molecule has 4 rings (SSSR count). The number of aromatic nitrogens is 4. The van der Waals surface area contributed by atoms with Crippen molar-refractivity contribution in [1.82, 2.24) is 20.0 Å². The Balaban J connectivity index is 1.86. The van der Waals surface area contributed by atoms with Crippen LogP contribution in [0.25, 0.3) is 16.6 Å². The van der Waals surface area contributed by atoms with Crippen LogP contribution in [0.1, 0.15) is 17.0 Å². The van der Waals surface area contributed by atoms with Gasteiger partial charge >= 0.3 is 0 Å². The van der Waals surface area contributed by atoms with E-state index in [1.165, 1.54) is 5.56 Å². The van der Waals surface area contributed by atoms with Crippen LogP contribution >= 0.6 is 0 Å². The van der Waals surface area contributed by atoms with Gasteiger partial charge in [-0.2, -0.15) is 5.10 Å². The summed E-state index contributed by atoms with van der Waals surface area (Å²) in [5.74, 6) is 1.49. The summed E-state index contributed by atoms with van der Waals surface area (Å²) in [4.78, 5) is 0. The molecule has 0 fully saturated rings. The summed E-state index contributed by atoms with van der Waals surface area (Å²) in [6.07, 6.45) is 0. The van der Waals surface area contributed by atoms with Crippen molar-refractivity contribution in [1.29, 1.82) is 0 Å². The highest BCUT2D eigenvalue weighted by Gasteiger charge is 2.13. The minimum absolute atomic E-state index is 0.742. The molecule has 0 spiro atoms. The summed E-state index contributed by atoms with van der Waals surface area (Å²) in [6, 6.07) is 18.4. The molecule has 0 aliphatic heterocycles. The number of nitrogens with one attached hydrogen (secondary N) is 1. The van der Waals surface area contributed by atoms with E-state index in [9.17, 15) is 0 Å². The van der Waals surface area contributed by atoms with Crippen molar-refractivity contribution in [2.24, 2.45) is 0 Å². The summed E-state index contributed by atoms with van der Waals surface area (Å²) in [5.41, 5.74) is 4.20. The normalized spacial score (nSPS) is 11.0. The minimum Gasteiger partial charge on any atom is -0.338 e. The van der Waals surface area contributed by atoms with Crippen molar-refractivity contribution in [3.05, 3.63) is 71.5 Å². The zero-order valence-electron chi connectivity index (χ0n) is 14.5. The Morgan fingerprint density at radius 1 is 0.840 bits per heavy atom. The van der Waals surface area contributed by atoms with Gasteiger partial charge in [0, 0.05) is 22.2 Å². The number of benzene rings is 2. The Hall–Kier alpha value is -3.21. The molecule has 2 aromatic carbocycles. The fraction of sp³-hybridized carbons (Fsp3) is 0.150. The van der Waals surface area contributed by atoms with E-state index in [1.807, 2.05) is 48.9 Å². The van der Waals surface area contributed by atoms with Crippen LogP contribution in [0.15, 0.2) is 54.6 Å². The number of aryl methyl sites for hydroxylation is 3. The van der Waals surface area contributed by atoms with Crippen LogP contribution in [-0.4, -0.2) is 20.0 Å². The standard InChI is InChI=1S/C20H19N5/c1-13-7-6-8-16(11-13)21-19-17-9-4-5-10-18(17)20(23-22-19)25-15(3)12-14(2)24-25/h4-12H,1-3H3,(H,21,22). The van der Waals surface area contributed by atoms with E-state index in [0.717, 1.165) is 39.5 Å². The van der Waals surface area contributed by atoms with Crippen LogP contribution in [0.5, 0.6) is 0 Å². The number of rotatable bonds is 3. The van der Waals surface area contributed by atoms with Gasteiger partial charge in [-0.1, -0.05) is 36.4 Å². The van der Waals surface area contributed by atoms with Gasteiger partial charge < -0.3 is 5.32 Å². The molecule has 0 aliphatic carbocycles. The van der Waals surface area contributed by atoms with E-state index in [1.54, 1.807) is 0 Å². The van der Waals surface area contributed by atoms with Gasteiger partial charge in [-0.05, 0) is 44.5 Å². The fourth-order valence-corrected chi connectivity index (χ4v) is 3.04. The van der Waals surface area contributed by atoms with Crippen molar-refractivity contribution in [2.75, 3.05) is 5.32 Å². The van der Waals surface area contributed by atoms with Gasteiger partial charge in [-0.3, -0.25) is 0 Å². The first-order valence-corrected chi connectivity index (χ1v) is 8.24. The maximum atomic E-state index is 4.55. The van der Waals surface area contributed by atoms with Crippen molar-refractivity contribution in [3.8, 4) is 5.82 Å². The first-order valence-electron chi connectivity index (χ1n) is 8.24. The Morgan fingerprint density at radius 3 is 2.36 bits per heavy atom. The van der Waals surface area contributed by atoms with Crippen LogP contribution < -0.4 is 5.32 Å². The Labute approximate surface area is 146 Å². The number of fused-ring (bicyclic) bond motifs is 1. The molecular formula is C20H19N5. The quantitative estimate of drug-likeness (QED) is 0.602. The first-order chi connectivity index (χ1) is 12.1. The van der Waals surface area contributed by atoms with Crippen LogP contribution in [0.4, 0.5) is 11.5 Å². The summed E-state index contributed by atoms with van der Waals surface area (Å²) in [5, 5.41) is 18.9. The second-order valence-electron chi connectivity index (χ2n) is 6.25. The Kier molecular flexibility index (Phi) is 3.69. The van der Waals surface area contributed by atoms with Crippen molar-refractivity contribution in [3.63, 3.8) is 0 Å². The third-order valence-electron chi connectivity index (χ3n) is 4.16. The van der Waals surface area contributed by atoms with Crippen molar-refractivity contribution >= 4 is 22.3 Å². The zero-order valence-corrected chi connectivity index (χ0v) is 14.5. The smallest absolute Gasteiger partial charge is 0.183 e. The second kappa shape index (κ2) is 6.02. The van der Waals surface area contributed by atoms with E-state index in [0.29, 0.717) is 0 Å². The zero-order chi connectivity index (χ0) is 17.4. The largest absolute Gasteiger partial charge is 0.338 e. The van der Waals surface area contributed by atoms with Gasteiger partial charge in [0.15, 0.2) is 11.6 Å². The molecule has 0 atom stereocenters. The summed E-state index contributed by atoms with van der Waals surface area (Å²) < 4.78 is 1.85. The monoisotopic (exact) mass is 329 g/mol. The lowest BCUT2D eigenvalue weighted by Gasteiger charge is -2.12. The second-order valence-corrected chi connectivity index (χ2v) is 6.25. The number of hydrogen-bond acceptors (Lipinski definition) is 4. The van der Waals surface area contributed by atoms with Gasteiger partial charge in [0.1, 0.15) is 0 Å². The molecule has 1 N–H and O–H groups in total. The lowest BCUT2D eigenvalue weighted by molar-refractivity contribution is 0.792. The molecule has 25 heavy (non-hydrogen) atoms. The lowest BCUT2D eigenvalue weighted by Crippen LogP contribution is -2.06. The summed E-state index contributed by atoms with van der Waals surface area (Å²) in [6.45, 7) is 6.07. The van der Waals surface area contributed by atoms with Crippen LogP contribution in [0.3, 0.4) is 0 Å². The molecule has 4 aromatic rings. The van der Waals surface area contributed by atoms with Gasteiger partial charge in [0.05, 0.1) is 5.69 Å². The van der Waals surface area contributed by atoms with E-state index >= 15 is 0 Å². The third-order valence-corrected chi connectivity index (χ3v) is 4.16. The molecule has 5 heteroatoms. The van der Waals surface area contributed by atoms with Crippen LogP contribution in [-0.2, 0) is 0 Å². The third kappa shape index (κ3) is 2.85. The maximum Gasteiger partial charge on any atom is 0.183 e. The van der Waals surface area contributed by atoms with Crippen LogP contribution in [0, 0.1) is 20.8 Å². The van der Waals surface area contributed by atoms with Gasteiger partial charge in [-0.15, -0.1) is 10.2 Å². The van der Waals surface area contributed by atoms with E-state index in [4.69, 9.17) is 0 Å². The molecule has 0 amide bonds. The molecular weight excluding hydrogens is 310 g/mol. The summed E-state index contributed by atoms with van der Waals surface area (Å²) in [7, 11) is 0. The van der Waals surface area contributed by atoms with Crippen molar-refractivity contribution in [2.45, 2.75) is 20.8 Å². The highest BCUT2D eigenvalue weighted by Crippen LogP contribution is 2.28. The fourth-order valence-electron chi connectivity index (χ4n) is 3.04. The number of anilines is 2. The molecule has 0 radical (unpaired) electrons. The maximum absolute atomic E-state index is 4.55. The molecule has 0 bridgehead atoms. The van der Waals surface area contributed by atoms with Gasteiger partial charge in [0.25, 0.3) is 0 Å². The molecule has 2 heterocycles. The van der Waals surface area contributed by atoms with Gasteiger partial charge in [-0.25, -0.2) is 4.68 Å². The molecule has 0 unspecified atom stereocenters. The predicted molar refractivity (Wildman–Crippen MR) is 101 cm³/mol. The lowest BCUT2D eigenvalue weighted by atomic mass is 10.1. The highest BCUT2D eigenvalue weighted by molar-refractivity contribution is 5.97. The van der Waals surface area contributed by atoms with E-state index in [2.05, 4.69) is 51.8 Å². The molecule has 0 aliphatic rings. The summed E-state index contributed by atoms with van der Waals surface area (Å²) >= 11 is 0. The van der Waals surface area contributed by atoms with E-state index < -0.39 is 0 Å². The average molecular weight is 329 g/mol. The van der Waals surface area contributed by atoms with E-state index in [-0.39, 0.29) is 0 Å². The van der Waals surface area contributed by atoms with Crippen molar-refractivity contribution < 1.29 is 0 Å². The van der Waals surface area contributed by atoms with Crippen LogP contribution in [0.2, 0.25) is 0 Å². The Morgan fingerprint density at radius 2 is 1.64 bits per heavy atom.